The Morgan fingerprint density at radius 3 is 2.48 bits per heavy atom. The summed E-state index contributed by atoms with van der Waals surface area (Å²) in [4.78, 5) is 16.6. The number of carbonyl (C=O) groups is 1. The standard InChI is InChI=1S/C18H33N3O2/c1-18(2,3)23-17(22)21-10-4-14(5-11-21)12-19-16-7-9-20-8-6-15(16)13-20/h14-16,19H,4-13H2,1-3H3. The van der Waals surface area contributed by atoms with Crippen molar-refractivity contribution in [3.63, 3.8) is 0 Å². The zero-order valence-electron chi connectivity index (χ0n) is 15.0. The Balaban J connectivity index is 1.37. The van der Waals surface area contributed by atoms with Crippen LogP contribution < -0.4 is 5.32 Å². The predicted molar refractivity (Wildman–Crippen MR) is 91.5 cm³/mol. The lowest BCUT2D eigenvalue weighted by molar-refractivity contribution is 0.0182. The fraction of sp³-hybridized carbons (Fsp3) is 0.944. The lowest BCUT2D eigenvalue weighted by atomic mass is 9.92. The minimum Gasteiger partial charge on any atom is -0.444 e. The number of nitrogens with zero attached hydrogens (tertiary/aromatic N) is 2. The lowest BCUT2D eigenvalue weighted by Crippen LogP contribution is -2.47. The molecule has 23 heavy (non-hydrogen) atoms. The maximum absolute atomic E-state index is 12.1. The van der Waals surface area contributed by atoms with E-state index in [2.05, 4.69) is 10.2 Å². The molecule has 0 saturated carbocycles. The van der Waals surface area contributed by atoms with Crippen LogP contribution in [0, 0.1) is 11.8 Å². The second kappa shape index (κ2) is 6.98. The average molecular weight is 323 g/mol. The van der Waals surface area contributed by atoms with Crippen molar-refractivity contribution in [2.24, 2.45) is 11.8 Å². The van der Waals surface area contributed by atoms with Crippen LogP contribution in [0.5, 0.6) is 0 Å². The van der Waals surface area contributed by atoms with E-state index < -0.39 is 5.60 Å². The first-order chi connectivity index (χ1) is 10.9. The topological polar surface area (TPSA) is 44.8 Å². The molecular weight excluding hydrogens is 290 g/mol. The number of hydrogen-bond donors (Lipinski definition) is 1. The predicted octanol–water partition coefficient (Wildman–Crippen LogP) is 2.32. The smallest absolute Gasteiger partial charge is 0.410 e. The van der Waals surface area contributed by atoms with Crippen LogP contribution in [0.3, 0.4) is 0 Å². The van der Waals surface area contributed by atoms with Crippen molar-refractivity contribution < 1.29 is 9.53 Å². The number of hydrogen-bond acceptors (Lipinski definition) is 4. The van der Waals surface area contributed by atoms with E-state index in [4.69, 9.17) is 4.74 Å². The zero-order valence-corrected chi connectivity index (χ0v) is 15.0. The summed E-state index contributed by atoms with van der Waals surface area (Å²) in [5, 5.41) is 3.84. The van der Waals surface area contributed by atoms with E-state index in [1.54, 1.807) is 0 Å². The minimum absolute atomic E-state index is 0.151. The number of ether oxygens (including phenoxy) is 1. The van der Waals surface area contributed by atoms with Crippen LogP contribution in [-0.2, 0) is 4.74 Å². The van der Waals surface area contributed by atoms with Crippen LogP contribution in [0.15, 0.2) is 0 Å². The first-order valence-corrected chi connectivity index (χ1v) is 9.34. The van der Waals surface area contributed by atoms with Crippen LogP contribution in [0.25, 0.3) is 0 Å². The molecule has 0 aromatic heterocycles. The number of amides is 1. The van der Waals surface area contributed by atoms with Gasteiger partial charge in [0.15, 0.2) is 0 Å². The molecule has 3 heterocycles. The molecule has 5 heteroatoms. The largest absolute Gasteiger partial charge is 0.444 e. The molecule has 132 valence electrons. The SMILES string of the molecule is CC(C)(C)OC(=O)N1CCC(CNC2CCN3CCC2C3)CC1. The summed E-state index contributed by atoms with van der Waals surface area (Å²) in [5.41, 5.74) is -0.397. The van der Waals surface area contributed by atoms with Crippen molar-refractivity contribution in [3.8, 4) is 0 Å². The number of carbonyl (C=O) groups excluding carboxylic acids is 1. The molecule has 3 unspecified atom stereocenters. The molecule has 0 aliphatic carbocycles. The fourth-order valence-electron chi connectivity index (χ4n) is 4.18. The van der Waals surface area contributed by atoms with E-state index in [0.717, 1.165) is 44.4 Å². The molecule has 0 spiro atoms. The minimum atomic E-state index is -0.397. The van der Waals surface area contributed by atoms with Gasteiger partial charge in [0.05, 0.1) is 0 Å². The molecule has 3 aliphatic rings. The van der Waals surface area contributed by atoms with E-state index in [1.807, 2.05) is 25.7 Å². The summed E-state index contributed by atoms with van der Waals surface area (Å²) >= 11 is 0. The summed E-state index contributed by atoms with van der Waals surface area (Å²) in [6.45, 7) is 12.4. The van der Waals surface area contributed by atoms with Gasteiger partial charge in [0, 0.05) is 25.7 Å². The van der Waals surface area contributed by atoms with E-state index in [9.17, 15) is 4.79 Å². The van der Waals surface area contributed by atoms with Gasteiger partial charge in [-0.2, -0.15) is 0 Å². The monoisotopic (exact) mass is 323 g/mol. The number of rotatable bonds is 3. The highest BCUT2D eigenvalue weighted by Crippen LogP contribution is 2.27. The lowest BCUT2D eigenvalue weighted by Gasteiger charge is -2.36. The molecule has 2 bridgehead atoms. The number of likely N-dealkylation sites (tertiary alicyclic amines) is 1. The maximum Gasteiger partial charge on any atom is 0.410 e. The first kappa shape index (κ1) is 17.0. The van der Waals surface area contributed by atoms with E-state index in [0.29, 0.717) is 5.92 Å². The third kappa shape index (κ3) is 4.60. The molecule has 5 nitrogen and oxygen atoms in total. The Bertz CT molecular complexity index is 413. The normalized spacial score (nSPS) is 32.1. The van der Waals surface area contributed by atoms with Crippen molar-refractivity contribution in [1.29, 1.82) is 0 Å². The third-order valence-electron chi connectivity index (χ3n) is 5.57. The van der Waals surface area contributed by atoms with E-state index >= 15 is 0 Å². The van der Waals surface area contributed by atoms with Crippen molar-refractivity contribution in [2.45, 2.75) is 58.1 Å². The Hall–Kier alpha value is -0.810. The fourth-order valence-corrected chi connectivity index (χ4v) is 4.18. The van der Waals surface area contributed by atoms with Gasteiger partial charge in [0.25, 0.3) is 0 Å². The maximum atomic E-state index is 12.1. The van der Waals surface area contributed by atoms with Crippen molar-refractivity contribution in [2.75, 3.05) is 39.3 Å². The molecule has 0 radical (unpaired) electrons. The van der Waals surface area contributed by atoms with Gasteiger partial charge < -0.3 is 19.9 Å². The molecule has 3 rings (SSSR count). The highest BCUT2D eigenvalue weighted by molar-refractivity contribution is 5.68. The second-order valence-electron chi connectivity index (χ2n) is 8.56. The molecule has 0 aromatic rings. The van der Waals surface area contributed by atoms with Crippen molar-refractivity contribution >= 4 is 6.09 Å². The van der Waals surface area contributed by atoms with E-state index in [1.165, 1.54) is 32.5 Å². The third-order valence-corrected chi connectivity index (χ3v) is 5.57. The Kier molecular flexibility index (Phi) is 5.16. The molecule has 1 N–H and O–H groups in total. The van der Waals surface area contributed by atoms with Gasteiger partial charge in [-0.05, 0) is 77.9 Å². The number of piperidine rings is 2. The molecule has 3 atom stereocenters. The van der Waals surface area contributed by atoms with Crippen molar-refractivity contribution in [1.82, 2.24) is 15.1 Å². The molecule has 3 aliphatic heterocycles. The Morgan fingerprint density at radius 1 is 1.09 bits per heavy atom. The first-order valence-electron chi connectivity index (χ1n) is 9.34. The molecule has 3 saturated heterocycles. The molecule has 3 fully saturated rings. The van der Waals surface area contributed by atoms with Gasteiger partial charge in [-0.15, -0.1) is 0 Å². The summed E-state index contributed by atoms with van der Waals surface area (Å²) in [7, 11) is 0. The molecule has 1 amide bonds. The van der Waals surface area contributed by atoms with Gasteiger partial charge in [-0.3, -0.25) is 0 Å². The summed E-state index contributed by atoms with van der Waals surface area (Å²) in [6, 6.07) is 0.720. The van der Waals surface area contributed by atoms with Gasteiger partial charge in [0.2, 0.25) is 0 Å². The van der Waals surface area contributed by atoms with Gasteiger partial charge >= 0.3 is 6.09 Å². The number of nitrogens with one attached hydrogen (secondary N) is 1. The van der Waals surface area contributed by atoms with Gasteiger partial charge in [-0.25, -0.2) is 4.79 Å². The Labute approximate surface area is 140 Å². The summed E-state index contributed by atoms with van der Waals surface area (Å²) in [6.07, 6.45) is 4.71. The van der Waals surface area contributed by atoms with Gasteiger partial charge in [0.1, 0.15) is 5.60 Å². The summed E-state index contributed by atoms with van der Waals surface area (Å²) < 4.78 is 5.47. The van der Waals surface area contributed by atoms with Crippen molar-refractivity contribution in [3.05, 3.63) is 0 Å². The molecular formula is C18H33N3O2. The van der Waals surface area contributed by atoms with Gasteiger partial charge in [-0.1, -0.05) is 0 Å². The number of fused-ring (bicyclic) bond motifs is 2. The highest BCUT2D eigenvalue weighted by atomic mass is 16.6. The van der Waals surface area contributed by atoms with Crippen LogP contribution in [0.1, 0.15) is 46.5 Å². The molecule has 0 aromatic carbocycles. The van der Waals surface area contributed by atoms with Crippen LogP contribution in [0.4, 0.5) is 4.79 Å². The van der Waals surface area contributed by atoms with Crippen LogP contribution in [-0.4, -0.2) is 66.8 Å². The van der Waals surface area contributed by atoms with Crippen LogP contribution in [0.2, 0.25) is 0 Å². The zero-order chi connectivity index (χ0) is 16.4. The van der Waals surface area contributed by atoms with E-state index in [-0.39, 0.29) is 6.09 Å². The second-order valence-corrected chi connectivity index (χ2v) is 8.56. The van der Waals surface area contributed by atoms with Crippen LogP contribution >= 0.6 is 0 Å². The average Bonchev–Trinajstić information content (AvgIpc) is 2.87. The summed E-state index contributed by atoms with van der Waals surface area (Å²) in [5.74, 6) is 1.57. The quantitative estimate of drug-likeness (QED) is 0.866. The Morgan fingerprint density at radius 2 is 1.78 bits per heavy atom. The highest BCUT2D eigenvalue weighted by Gasteiger charge is 2.34.